The summed E-state index contributed by atoms with van der Waals surface area (Å²) < 4.78 is 11.2. The van der Waals surface area contributed by atoms with Gasteiger partial charge in [-0.15, -0.1) is 0 Å². The van der Waals surface area contributed by atoms with Crippen molar-refractivity contribution >= 4 is 11.7 Å². The SMILES string of the molecule is COc1ccccc1CCN1CCN(C(=O)Nc2ccccc2OC(C)C)CC1. The Labute approximate surface area is 173 Å². The molecule has 1 N–H and O–H groups in total. The van der Waals surface area contributed by atoms with E-state index in [2.05, 4.69) is 16.3 Å². The predicted octanol–water partition coefficient (Wildman–Crippen LogP) is 3.87. The van der Waals surface area contributed by atoms with Crippen LogP contribution in [0, 0.1) is 0 Å². The number of carbonyl (C=O) groups excluding carboxylic acids is 1. The molecule has 1 fully saturated rings. The van der Waals surface area contributed by atoms with Gasteiger partial charge in [-0.25, -0.2) is 4.79 Å². The van der Waals surface area contributed by atoms with E-state index in [0.717, 1.165) is 31.8 Å². The minimum atomic E-state index is -0.0748. The Morgan fingerprint density at radius 1 is 1.00 bits per heavy atom. The Hall–Kier alpha value is -2.73. The average Bonchev–Trinajstić information content (AvgIpc) is 2.74. The number of nitrogens with zero attached hydrogens (tertiary/aromatic N) is 2. The summed E-state index contributed by atoms with van der Waals surface area (Å²) in [6.07, 6.45) is 0.996. The Morgan fingerprint density at radius 2 is 1.66 bits per heavy atom. The van der Waals surface area contributed by atoms with Crippen molar-refractivity contribution in [3.63, 3.8) is 0 Å². The molecule has 0 atom stereocenters. The molecule has 6 heteroatoms. The van der Waals surface area contributed by atoms with Crippen LogP contribution in [0.5, 0.6) is 11.5 Å². The first-order valence-electron chi connectivity index (χ1n) is 10.2. The molecule has 0 saturated carbocycles. The van der Waals surface area contributed by atoms with Crippen molar-refractivity contribution in [1.82, 2.24) is 9.80 Å². The largest absolute Gasteiger partial charge is 0.496 e. The second kappa shape index (κ2) is 10.2. The van der Waals surface area contributed by atoms with Crippen LogP contribution in [0.15, 0.2) is 48.5 Å². The fraction of sp³-hybridized carbons (Fsp3) is 0.435. The van der Waals surface area contributed by atoms with Gasteiger partial charge in [0.05, 0.1) is 18.9 Å². The third kappa shape index (κ3) is 5.87. The molecule has 1 saturated heterocycles. The van der Waals surface area contributed by atoms with E-state index >= 15 is 0 Å². The Kier molecular flexibility index (Phi) is 7.36. The highest BCUT2D eigenvalue weighted by atomic mass is 16.5. The lowest BCUT2D eigenvalue weighted by Crippen LogP contribution is -2.50. The number of hydrogen-bond acceptors (Lipinski definition) is 4. The molecule has 2 amide bonds. The zero-order valence-corrected chi connectivity index (χ0v) is 17.6. The van der Waals surface area contributed by atoms with Crippen LogP contribution in [0.4, 0.5) is 10.5 Å². The molecular weight excluding hydrogens is 366 g/mol. The molecule has 1 aliphatic rings. The number of benzene rings is 2. The normalized spacial score (nSPS) is 14.7. The molecule has 3 rings (SSSR count). The fourth-order valence-electron chi connectivity index (χ4n) is 3.48. The maximum Gasteiger partial charge on any atom is 0.322 e. The number of nitrogens with one attached hydrogen (secondary N) is 1. The van der Waals surface area contributed by atoms with Crippen LogP contribution in [0.1, 0.15) is 19.4 Å². The molecule has 2 aromatic rings. The third-order valence-corrected chi connectivity index (χ3v) is 5.04. The molecular formula is C23H31N3O3. The van der Waals surface area contributed by atoms with E-state index in [9.17, 15) is 4.79 Å². The summed E-state index contributed by atoms with van der Waals surface area (Å²) in [5, 5.41) is 3.00. The number of piperazine rings is 1. The molecule has 2 aromatic carbocycles. The highest BCUT2D eigenvalue weighted by Gasteiger charge is 2.22. The van der Waals surface area contributed by atoms with E-state index in [-0.39, 0.29) is 12.1 Å². The first-order chi connectivity index (χ1) is 14.1. The summed E-state index contributed by atoms with van der Waals surface area (Å²) in [6.45, 7) is 8.07. The lowest BCUT2D eigenvalue weighted by molar-refractivity contribution is 0.148. The number of urea groups is 1. The van der Waals surface area contributed by atoms with E-state index in [1.165, 1.54) is 5.56 Å². The molecule has 156 valence electrons. The van der Waals surface area contributed by atoms with Crippen LogP contribution < -0.4 is 14.8 Å². The Morgan fingerprint density at radius 3 is 2.34 bits per heavy atom. The van der Waals surface area contributed by atoms with E-state index in [1.54, 1.807) is 7.11 Å². The van der Waals surface area contributed by atoms with Crippen molar-refractivity contribution in [1.29, 1.82) is 0 Å². The van der Waals surface area contributed by atoms with Crippen molar-refractivity contribution < 1.29 is 14.3 Å². The zero-order chi connectivity index (χ0) is 20.6. The highest BCUT2D eigenvalue weighted by molar-refractivity contribution is 5.91. The number of rotatable bonds is 7. The molecule has 0 radical (unpaired) electrons. The topological polar surface area (TPSA) is 54.0 Å². The molecule has 0 aliphatic carbocycles. The van der Waals surface area contributed by atoms with Crippen LogP contribution in [-0.4, -0.2) is 61.8 Å². The summed E-state index contributed by atoms with van der Waals surface area (Å²) in [5.74, 6) is 1.64. The molecule has 6 nitrogen and oxygen atoms in total. The molecule has 0 bridgehead atoms. The molecule has 0 aromatic heterocycles. The molecule has 1 aliphatic heterocycles. The van der Waals surface area contributed by atoms with Gasteiger partial charge in [-0.1, -0.05) is 30.3 Å². The number of methoxy groups -OCH3 is 1. The van der Waals surface area contributed by atoms with Crippen molar-refractivity contribution in [3.05, 3.63) is 54.1 Å². The summed E-state index contributed by atoms with van der Waals surface area (Å²) in [4.78, 5) is 17.0. The molecule has 1 heterocycles. The zero-order valence-electron chi connectivity index (χ0n) is 17.6. The monoisotopic (exact) mass is 397 g/mol. The lowest BCUT2D eigenvalue weighted by atomic mass is 10.1. The van der Waals surface area contributed by atoms with Crippen molar-refractivity contribution in [2.75, 3.05) is 45.2 Å². The van der Waals surface area contributed by atoms with Gasteiger partial charge in [0.15, 0.2) is 0 Å². The van der Waals surface area contributed by atoms with Gasteiger partial charge in [0.2, 0.25) is 0 Å². The van der Waals surface area contributed by atoms with Crippen LogP contribution >= 0.6 is 0 Å². The van der Waals surface area contributed by atoms with Gasteiger partial charge < -0.3 is 19.7 Å². The number of ether oxygens (including phenoxy) is 2. The number of carbonyl (C=O) groups is 1. The van der Waals surface area contributed by atoms with Crippen LogP contribution in [0.2, 0.25) is 0 Å². The quantitative estimate of drug-likeness (QED) is 0.771. The summed E-state index contributed by atoms with van der Waals surface area (Å²) in [5.41, 5.74) is 1.93. The minimum absolute atomic E-state index is 0.0554. The number of hydrogen-bond donors (Lipinski definition) is 1. The number of amides is 2. The van der Waals surface area contributed by atoms with Crippen molar-refractivity contribution in [3.8, 4) is 11.5 Å². The van der Waals surface area contributed by atoms with Gasteiger partial charge >= 0.3 is 6.03 Å². The molecule has 0 spiro atoms. The summed E-state index contributed by atoms with van der Waals surface area (Å²) in [6, 6.07) is 15.6. The number of para-hydroxylation sites is 3. The summed E-state index contributed by atoms with van der Waals surface area (Å²) >= 11 is 0. The first-order valence-corrected chi connectivity index (χ1v) is 10.2. The second-order valence-corrected chi connectivity index (χ2v) is 7.48. The fourth-order valence-corrected chi connectivity index (χ4v) is 3.48. The van der Waals surface area contributed by atoms with Gasteiger partial charge in [0.1, 0.15) is 11.5 Å². The highest BCUT2D eigenvalue weighted by Crippen LogP contribution is 2.25. The second-order valence-electron chi connectivity index (χ2n) is 7.48. The summed E-state index contributed by atoms with van der Waals surface area (Å²) in [7, 11) is 1.71. The molecule has 29 heavy (non-hydrogen) atoms. The van der Waals surface area contributed by atoms with Crippen molar-refractivity contribution in [2.45, 2.75) is 26.4 Å². The first kappa shape index (κ1) is 21.0. The van der Waals surface area contributed by atoms with Crippen molar-refractivity contribution in [2.24, 2.45) is 0 Å². The smallest absolute Gasteiger partial charge is 0.322 e. The van der Waals surface area contributed by atoms with Gasteiger partial charge in [-0.2, -0.15) is 0 Å². The van der Waals surface area contributed by atoms with Gasteiger partial charge in [0.25, 0.3) is 0 Å². The predicted molar refractivity (Wildman–Crippen MR) is 116 cm³/mol. The Balaban J connectivity index is 1.49. The van der Waals surface area contributed by atoms with Gasteiger partial charge in [-0.3, -0.25) is 4.90 Å². The van der Waals surface area contributed by atoms with E-state index in [0.29, 0.717) is 24.5 Å². The van der Waals surface area contributed by atoms with Crippen LogP contribution in [0.3, 0.4) is 0 Å². The minimum Gasteiger partial charge on any atom is -0.496 e. The van der Waals surface area contributed by atoms with Crippen LogP contribution in [-0.2, 0) is 6.42 Å². The van der Waals surface area contributed by atoms with E-state index in [1.807, 2.05) is 61.2 Å². The molecule has 0 unspecified atom stereocenters. The maximum absolute atomic E-state index is 12.7. The number of anilines is 1. The van der Waals surface area contributed by atoms with Crippen LogP contribution in [0.25, 0.3) is 0 Å². The van der Waals surface area contributed by atoms with E-state index < -0.39 is 0 Å². The Bertz CT molecular complexity index is 801. The third-order valence-electron chi connectivity index (χ3n) is 5.04. The average molecular weight is 398 g/mol. The standard InChI is InChI=1S/C23H31N3O3/c1-18(2)29-22-11-7-5-9-20(22)24-23(27)26-16-14-25(15-17-26)13-12-19-8-4-6-10-21(19)28-3/h4-11,18H,12-17H2,1-3H3,(H,24,27). The maximum atomic E-state index is 12.7. The van der Waals surface area contributed by atoms with E-state index in [4.69, 9.17) is 9.47 Å². The van der Waals surface area contributed by atoms with Gasteiger partial charge in [-0.05, 0) is 44.0 Å². The lowest BCUT2D eigenvalue weighted by Gasteiger charge is -2.34. The van der Waals surface area contributed by atoms with Gasteiger partial charge in [0, 0.05) is 32.7 Å².